The average molecular weight is 480 g/mol. The van der Waals surface area contributed by atoms with Crippen molar-refractivity contribution in [2.45, 2.75) is 32.9 Å². The van der Waals surface area contributed by atoms with Crippen molar-refractivity contribution in [1.82, 2.24) is 14.8 Å². The fourth-order valence-electron chi connectivity index (χ4n) is 4.24. The molecule has 5 rings (SSSR count). The van der Waals surface area contributed by atoms with E-state index in [1.807, 2.05) is 61.7 Å². The van der Waals surface area contributed by atoms with E-state index in [1.165, 1.54) is 0 Å². The number of fused-ring (bicyclic) bond motifs is 1. The monoisotopic (exact) mass is 479 g/mol. The number of rotatable bonds is 7. The highest BCUT2D eigenvalue weighted by atomic mass is 16.5. The third kappa shape index (κ3) is 4.77. The number of hydrogen-bond donors (Lipinski definition) is 0. The van der Waals surface area contributed by atoms with Crippen LogP contribution in [-0.4, -0.2) is 27.8 Å². The van der Waals surface area contributed by atoms with Gasteiger partial charge in [-0.3, -0.25) is 9.48 Å². The Hall–Kier alpha value is -4.64. The quantitative estimate of drug-likeness (QED) is 0.359. The van der Waals surface area contributed by atoms with Crippen LogP contribution in [0.3, 0.4) is 0 Å². The van der Waals surface area contributed by atoms with E-state index in [9.17, 15) is 4.79 Å². The Balaban J connectivity index is 1.55. The third-order valence-electron chi connectivity index (χ3n) is 6.11. The van der Waals surface area contributed by atoms with Gasteiger partial charge in [0.1, 0.15) is 11.5 Å². The van der Waals surface area contributed by atoms with Crippen molar-refractivity contribution in [3.05, 3.63) is 83.8 Å². The summed E-state index contributed by atoms with van der Waals surface area (Å²) in [7, 11) is 1.63. The number of aromatic nitrogens is 3. The SMILES string of the molecule is COc1ccc(CN2C(=O)CC(c3ncc(C)o3)=Cc3ccc(-c4cnn(CCC#N)c4)cc32)cc1. The van der Waals surface area contributed by atoms with Crippen LogP contribution in [0.5, 0.6) is 5.75 Å². The minimum atomic E-state index is -0.0477. The molecule has 1 aliphatic rings. The lowest BCUT2D eigenvalue weighted by atomic mass is 10.0. The predicted molar refractivity (Wildman–Crippen MR) is 136 cm³/mol. The van der Waals surface area contributed by atoms with Crippen molar-refractivity contribution in [2.75, 3.05) is 12.0 Å². The van der Waals surface area contributed by atoms with Crippen LogP contribution in [-0.2, 0) is 17.9 Å². The molecule has 0 saturated heterocycles. The van der Waals surface area contributed by atoms with E-state index >= 15 is 0 Å². The number of oxazole rings is 1. The molecular formula is C28H25N5O3. The highest BCUT2D eigenvalue weighted by Gasteiger charge is 2.26. The second-order valence-electron chi connectivity index (χ2n) is 8.62. The Morgan fingerprint density at radius 2 is 1.97 bits per heavy atom. The van der Waals surface area contributed by atoms with Crippen LogP contribution < -0.4 is 9.64 Å². The summed E-state index contributed by atoms with van der Waals surface area (Å²) in [6.07, 6.45) is 7.90. The first-order chi connectivity index (χ1) is 17.5. The second-order valence-corrected chi connectivity index (χ2v) is 8.62. The number of amides is 1. The first-order valence-electron chi connectivity index (χ1n) is 11.6. The Labute approximate surface area is 209 Å². The van der Waals surface area contributed by atoms with Crippen molar-refractivity contribution in [2.24, 2.45) is 0 Å². The zero-order chi connectivity index (χ0) is 25.1. The lowest BCUT2D eigenvalue weighted by Gasteiger charge is -2.24. The van der Waals surface area contributed by atoms with Crippen LogP contribution in [0.2, 0.25) is 0 Å². The fraction of sp³-hybridized carbons (Fsp3) is 0.214. The molecule has 0 fully saturated rings. The van der Waals surface area contributed by atoms with Gasteiger partial charge >= 0.3 is 0 Å². The van der Waals surface area contributed by atoms with Gasteiger partial charge in [0.2, 0.25) is 11.8 Å². The third-order valence-corrected chi connectivity index (χ3v) is 6.11. The molecule has 3 heterocycles. The van der Waals surface area contributed by atoms with E-state index in [0.717, 1.165) is 39.3 Å². The largest absolute Gasteiger partial charge is 0.497 e. The fourth-order valence-corrected chi connectivity index (χ4v) is 4.24. The molecular weight excluding hydrogens is 454 g/mol. The molecule has 2 aromatic heterocycles. The highest BCUT2D eigenvalue weighted by Crippen LogP contribution is 2.36. The molecule has 0 unspecified atom stereocenters. The lowest BCUT2D eigenvalue weighted by molar-refractivity contribution is -0.117. The van der Waals surface area contributed by atoms with Crippen molar-refractivity contribution in [3.63, 3.8) is 0 Å². The molecule has 0 atom stereocenters. The van der Waals surface area contributed by atoms with Gasteiger partial charge in [0, 0.05) is 17.3 Å². The van der Waals surface area contributed by atoms with Gasteiger partial charge in [0.05, 0.1) is 57.2 Å². The van der Waals surface area contributed by atoms with E-state index in [1.54, 1.807) is 29.1 Å². The van der Waals surface area contributed by atoms with Crippen LogP contribution in [0.4, 0.5) is 5.69 Å². The predicted octanol–water partition coefficient (Wildman–Crippen LogP) is 5.25. The van der Waals surface area contributed by atoms with Gasteiger partial charge in [-0.2, -0.15) is 10.4 Å². The number of nitriles is 1. The molecule has 8 heteroatoms. The van der Waals surface area contributed by atoms with Crippen molar-refractivity contribution in [1.29, 1.82) is 5.26 Å². The Morgan fingerprint density at radius 1 is 1.14 bits per heavy atom. The Morgan fingerprint density at radius 3 is 2.69 bits per heavy atom. The van der Waals surface area contributed by atoms with Gasteiger partial charge < -0.3 is 14.1 Å². The van der Waals surface area contributed by atoms with Gasteiger partial charge in [-0.15, -0.1) is 0 Å². The van der Waals surface area contributed by atoms with Crippen LogP contribution in [0.25, 0.3) is 22.8 Å². The molecule has 0 saturated carbocycles. The summed E-state index contributed by atoms with van der Waals surface area (Å²) in [6, 6.07) is 15.9. The maximum Gasteiger partial charge on any atom is 0.231 e. The summed E-state index contributed by atoms with van der Waals surface area (Å²) in [5.41, 5.74) is 5.29. The van der Waals surface area contributed by atoms with E-state index in [4.69, 9.17) is 14.4 Å². The highest BCUT2D eigenvalue weighted by molar-refractivity contribution is 6.06. The molecule has 0 bridgehead atoms. The van der Waals surface area contributed by atoms with E-state index in [-0.39, 0.29) is 12.3 Å². The van der Waals surface area contributed by atoms with E-state index in [2.05, 4.69) is 16.2 Å². The smallest absolute Gasteiger partial charge is 0.231 e. The summed E-state index contributed by atoms with van der Waals surface area (Å²) in [5, 5.41) is 13.2. The van der Waals surface area contributed by atoms with Crippen LogP contribution >= 0.6 is 0 Å². The number of methoxy groups -OCH3 is 1. The number of benzene rings is 2. The molecule has 0 radical (unpaired) electrons. The maximum atomic E-state index is 13.6. The number of anilines is 1. The first kappa shape index (κ1) is 23.1. The van der Waals surface area contributed by atoms with Crippen molar-refractivity contribution < 1.29 is 13.9 Å². The molecule has 0 aliphatic carbocycles. The van der Waals surface area contributed by atoms with Gasteiger partial charge in [-0.1, -0.05) is 24.3 Å². The van der Waals surface area contributed by atoms with Crippen LogP contribution in [0, 0.1) is 18.3 Å². The standard InChI is InChI=1S/C28H25N5O3/c1-19-15-30-28(36-19)23-12-22-7-6-21(24-16-31-32(18-24)11-3-10-29)13-26(22)33(27(34)14-23)17-20-4-8-25(35-2)9-5-20/h4-9,12-13,15-16,18H,3,11,14,17H2,1-2H3. The minimum Gasteiger partial charge on any atom is -0.497 e. The first-order valence-corrected chi connectivity index (χ1v) is 11.6. The Bertz CT molecular complexity index is 1470. The summed E-state index contributed by atoms with van der Waals surface area (Å²) >= 11 is 0. The molecule has 8 nitrogen and oxygen atoms in total. The zero-order valence-electron chi connectivity index (χ0n) is 20.1. The number of nitrogens with zero attached hydrogens (tertiary/aromatic N) is 5. The number of hydrogen-bond acceptors (Lipinski definition) is 6. The van der Waals surface area contributed by atoms with Crippen molar-refractivity contribution >= 4 is 23.2 Å². The average Bonchev–Trinajstić information content (AvgIpc) is 3.52. The lowest BCUT2D eigenvalue weighted by Crippen LogP contribution is -2.30. The second kappa shape index (κ2) is 9.92. The Kier molecular flexibility index (Phi) is 6.37. The topological polar surface area (TPSA) is 97.2 Å². The van der Waals surface area contributed by atoms with E-state index < -0.39 is 0 Å². The van der Waals surface area contributed by atoms with Gasteiger partial charge in [0.15, 0.2) is 0 Å². The zero-order valence-corrected chi connectivity index (χ0v) is 20.1. The summed E-state index contributed by atoms with van der Waals surface area (Å²) in [6.45, 7) is 2.78. The molecule has 4 aromatic rings. The molecule has 1 aliphatic heterocycles. The summed E-state index contributed by atoms with van der Waals surface area (Å²) < 4.78 is 12.8. The number of carbonyl (C=O) groups is 1. The minimum absolute atomic E-state index is 0.0477. The number of ether oxygens (including phenoxy) is 1. The number of aryl methyl sites for hydroxylation is 2. The van der Waals surface area contributed by atoms with Gasteiger partial charge in [0.25, 0.3) is 0 Å². The maximum absolute atomic E-state index is 13.6. The van der Waals surface area contributed by atoms with Gasteiger partial charge in [-0.25, -0.2) is 4.98 Å². The normalized spacial score (nSPS) is 13.1. The molecule has 2 aromatic carbocycles. The molecule has 0 N–H and O–H groups in total. The summed E-state index contributed by atoms with van der Waals surface area (Å²) in [4.78, 5) is 19.8. The van der Waals surface area contributed by atoms with Crippen LogP contribution in [0.1, 0.15) is 35.6 Å². The number of carbonyl (C=O) groups excluding carboxylic acids is 1. The molecule has 1 amide bonds. The molecule has 36 heavy (non-hydrogen) atoms. The summed E-state index contributed by atoms with van der Waals surface area (Å²) in [5.74, 6) is 1.87. The molecule has 0 spiro atoms. The van der Waals surface area contributed by atoms with Gasteiger partial charge in [-0.05, 0) is 47.9 Å². The van der Waals surface area contributed by atoms with Crippen LogP contribution in [0.15, 0.2) is 65.5 Å². The van der Waals surface area contributed by atoms with E-state index in [0.29, 0.717) is 31.2 Å². The van der Waals surface area contributed by atoms with Crippen molar-refractivity contribution in [3.8, 4) is 22.9 Å². The molecule has 180 valence electrons.